The van der Waals surface area contributed by atoms with Crippen molar-refractivity contribution in [2.75, 3.05) is 21.3 Å². The van der Waals surface area contributed by atoms with Crippen molar-refractivity contribution in [3.8, 4) is 11.5 Å². The van der Waals surface area contributed by atoms with E-state index in [1.165, 1.54) is 21.3 Å². The van der Waals surface area contributed by atoms with Crippen LogP contribution in [0.4, 0.5) is 10.5 Å². The molecule has 0 unspecified atom stereocenters. The first-order valence-corrected chi connectivity index (χ1v) is 4.43. The minimum atomic E-state index is -0.773. The maximum Gasteiger partial charge on any atom is 0.452 e. The number of rotatable bonds is 3. The van der Waals surface area contributed by atoms with E-state index in [-0.39, 0.29) is 0 Å². The lowest BCUT2D eigenvalue weighted by Gasteiger charge is -2.05. The number of carbonyl (C=O) groups is 1. The summed E-state index contributed by atoms with van der Waals surface area (Å²) < 4.78 is 14.4. The second-order valence-electron chi connectivity index (χ2n) is 2.71. The van der Waals surface area contributed by atoms with Crippen LogP contribution in [-0.4, -0.2) is 27.4 Å². The molecule has 0 bridgehead atoms. The zero-order valence-corrected chi connectivity index (χ0v) is 9.26. The van der Waals surface area contributed by atoms with Crippen molar-refractivity contribution < 1.29 is 19.0 Å². The molecule has 0 N–H and O–H groups in total. The summed E-state index contributed by atoms with van der Waals surface area (Å²) in [5, 5.41) is 7.03. The molecule has 0 atom stereocenters. The average molecular weight is 224 g/mol. The molecule has 0 aromatic heterocycles. The fourth-order valence-electron chi connectivity index (χ4n) is 1.01. The van der Waals surface area contributed by atoms with Crippen LogP contribution in [0.1, 0.15) is 0 Å². The Balaban J connectivity index is 2.99. The van der Waals surface area contributed by atoms with E-state index in [4.69, 9.17) is 9.47 Å². The van der Waals surface area contributed by atoms with E-state index < -0.39 is 6.09 Å². The smallest absolute Gasteiger partial charge is 0.452 e. The molecule has 86 valence electrons. The third-order valence-corrected chi connectivity index (χ3v) is 1.80. The summed E-state index contributed by atoms with van der Waals surface area (Å²) in [6, 6.07) is 4.99. The Kier molecular flexibility index (Phi) is 4.26. The van der Waals surface area contributed by atoms with E-state index in [9.17, 15) is 4.79 Å². The van der Waals surface area contributed by atoms with Gasteiger partial charge in [0.25, 0.3) is 0 Å². The topological polar surface area (TPSA) is 69.5 Å². The summed E-state index contributed by atoms with van der Waals surface area (Å²) in [5.41, 5.74) is 0.396. The van der Waals surface area contributed by atoms with Gasteiger partial charge in [0, 0.05) is 6.07 Å². The molecule has 1 amide bonds. The van der Waals surface area contributed by atoms with Gasteiger partial charge >= 0.3 is 6.09 Å². The molecule has 0 aliphatic heterocycles. The first-order chi connectivity index (χ1) is 7.71. The molecule has 1 aromatic carbocycles. The zero-order chi connectivity index (χ0) is 12.0. The lowest BCUT2D eigenvalue weighted by Crippen LogP contribution is -1.90. The summed E-state index contributed by atoms with van der Waals surface area (Å²) in [6.45, 7) is 0. The van der Waals surface area contributed by atoms with Gasteiger partial charge in [-0.05, 0) is 12.1 Å². The number of ether oxygens (including phenoxy) is 3. The van der Waals surface area contributed by atoms with E-state index in [1.54, 1.807) is 18.2 Å². The number of hydrogen-bond acceptors (Lipinski definition) is 5. The van der Waals surface area contributed by atoms with Crippen LogP contribution in [0.25, 0.3) is 0 Å². The van der Waals surface area contributed by atoms with Gasteiger partial charge in [0.1, 0.15) is 17.2 Å². The van der Waals surface area contributed by atoms with Crippen LogP contribution in [0.5, 0.6) is 11.5 Å². The number of azo groups is 1. The van der Waals surface area contributed by atoms with E-state index in [0.717, 1.165) is 0 Å². The van der Waals surface area contributed by atoms with Crippen molar-refractivity contribution >= 4 is 11.8 Å². The highest BCUT2D eigenvalue weighted by Crippen LogP contribution is 2.31. The lowest BCUT2D eigenvalue weighted by atomic mass is 10.3. The molecule has 1 aromatic rings. The lowest BCUT2D eigenvalue weighted by molar-refractivity contribution is 0.181. The molecule has 0 saturated carbocycles. The van der Waals surface area contributed by atoms with Gasteiger partial charge in [0.2, 0.25) is 0 Å². The van der Waals surface area contributed by atoms with Crippen LogP contribution >= 0.6 is 0 Å². The van der Waals surface area contributed by atoms with Crippen LogP contribution in [0, 0.1) is 0 Å². The van der Waals surface area contributed by atoms with Crippen molar-refractivity contribution in [2.24, 2.45) is 10.2 Å². The Morgan fingerprint density at radius 2 is 1.94 bits per heavy atom. The Morgan fingerprint density at radius 3 is 2.50 bits per heavy atom. The van der Waals surface area contributed by atoms with Crippen molar-refractivity contribution in [1.29, 1.82) is 0 Å². The first-order valence-electron chi connectivity index (χ1n) is 4.43. The van der Waals surface area contributed by atoms with E-state index >= 15 is 0 Å². The van der Waals surface area contributed by atoms with Gasteiger partial charge in [-0.1, -0.05) is 5.11 Å². The fourth-order valence-corrected chi connectivity index (χ4v) is 1.01. The van der Waals surface area contributed by atoms with Crippen LogP contribution in [-0.2, 0) is 4.74 Å². The molecule has 0 aliphatic carbocycles. The van der Waals surface area contributed by atoms with E-state index in [2.05, 4.69) is 15.0 Å². The molecule has 1 rings (SSSR count). The van der Waals surface area contributed by atoms with Crippen LogP contribution in [0.2, 0.25) is 0 Å². The standard InChI is InChI=1S/C10H12N2O4/c1-14-7-4-5-9(15-2)8(6-7)11-12-10(13)16-3/h4-6H,1-3H3. The molecule has 0 saturated heterocycles. The second kappa shape index (κ2) is 5.69. The third kappa shape index (κ3) is 2.94. The Labute approximate surface area is 92.8 Å². The molecule has 6 nitrogen and oxygen atoms in total. The Morgan fingerprint density at radius 1 is 1.19 bits per heavy atom. The van der Waals surface area contributed by atoms with Gasteiger partial charge < -0.3 is 14.2 Å². The van der Waals surface area contributed by atoms with Crippen LogP contribution < -0.4 is 9.47 Å². The summed E-state index contributed by atoms with van der Waals surface area (Å²) in [6.07, 6.45) is -0.773. The largest absolute Gasteiger partial charge is 0.497 e. The van der Waals surface area contributed by atoms with E-state index in [1.807, 2.05) is 0 Å². The molecule has 16 heavy (non-hydrogen) atoms. The molecule has 6 heteroatoms. The zero-order valence-electron chi connectivity index (χ0n) is 9.26. The van der Waals surface area contributed by atoms with Gasteiger partial charge in [0.15, 0.2) is 0 Å². The minimum Gasteiger partial charge on any atom is -0.497 e. The summed E-state index contributed by atoms with van der Waals surface area (Å²) in [4.78, 5) is 10.8. The number of hydrogen-bond donors (Lipinski definition) is 0. The number of amides is 1. The molecular weight excluding hydrogens is 212 g/mol. The highest BCUT2D eigenvalue weighted by molar-refractivity contribution is 5.68. The second-order valence-corrected chi connectivity index (χ2v) is 2.71. The van der Waals surface area contributed by atoms with Crippen molar-refractivity contribution in [2.45, 2.75) is 0 Å². The van der Waals surface area contributed by atoms with Gasteiger partial charge in [-0.3, -0.25) is 0 Å². The maximum atomic E-state index is 10.8. The van der Waals surface area contributed by atoms with Crippen molar-refractivity contribution in [3.05, 3.63) is 18.2 Å². The number of methoxy groups -OCH3 is 3. The van der Waals surface area contributed by atoms with Crippen LogP contribution in [0.3, 0.4) is 0 Å². The SMILES string of the molecule is COC(=O)N=Nc1cc(OC)ccc1OC. The van der Waals surface area contributed by atoms with Gasteiger partial charge in [-0.15, -0.1) is 5.11 Å². The normalized spacial score (nSPS) is 10.2. The first kappa shape index (κ1) is 12.0. The fraction of sp³-hybridized carbons (Fsp3) is 0.300. The molecule has 0 aliphatic rings. The minimum absolute atomic E-state index is 0.396. The predicted octanol–water partition coefficient (Wildman–Crippen LogP) is 2.55. The van der Waals surface area contributed by atoms with Gasteiger partial charge in [-0.2, -0.15) is 0 Å². The number of carbonyl (C=O) groups excluding carboxylic acids is 1. The van der Waals surface area contributed by atoms with Crippen molar-refractivity contribution in [1.82, 2.24) is 0 Å². The number of nitrogens with zero attached hydrogens (tertiary/aromatic N) is 2. The highest BCUT2D eigenvalue weighted by atomic mass is 16.5. The average Bonchev–Trinajstić information content (AvgIpc) is 2.35. The highest BCUT2D eigenvalue weighted by Gasteiger charge is 2.04. The van der Waals surface area contributed by atoms with Crippen LogP contribution in [0.15, 0.2) is 28.4 Å². The Hall–Kier alpha value is -2.11. The summed E-state index contributed by atoms with van der Waals surface area (Å²) in [5.74, 6) is 1.09. The molecule has 0 radical (unpaired) electrons. The molecule has 0 heterocycles. The van der Waals surface area contributed by atoms with E-state index in [0.29, 0.717) is 17.2 Å². The Bertz CT molecular complexity index is 404. The quantitative estimate of drug-likeness (QED) is 0.740. The van der Waals surface area contributed by atoms with Gasteiger partial charge in [0.05, 0.1) is 21.3 Å². The summed E-state index contributed by atoms with van der Waals surface area (Å²) >= 11 is 0. The number of benzene rings is 1. The molecule has 0 fully saturated rings. The van der Waals surface area contributed by atoms with Gasteiger partial charge in [-0.25, -0.2) is 4.79 Å². The molecule has 0 spiro atoms. The summed E-state index contributed by atoms with van der Waals surface area (Å²) in [7, 11) is 4.26. The molecular formula is C10H12N2O4. The van der Waals surface area contributed by atoms with Crippen molar-refractivity contribution in [3.63, 3.8) is 0 Å². The third-order valence-electron chi connectivity index (χ3n) is 1.80. The predicted molar refractivity (Wildman–Crippen MR) is 56.5 cm³/mol. The maximum absolute atomic E-state index is 10.8. The monoisotopic (exact) mass is 224 g/mol.